The highest BCUT2D eigenvalue weighted by Gasteiger charge is 2.05. The van der Waals surface area contributed by atoms with Gasteiger partial charge in [-0.15, -0.1) is 0 Å². The van der Waals surface area contributed by atoms with Crippen LogP contribution in [0.15, 0.2) is 0 Å². The Morgan fingerprint density at radius 3 is 1.45 bits per heavy atom. The van der Waals surface area contributed by atoms with E-state index in [0.717, 1.165) is 0 Å². The molecule has 0 rings (SSSR count). The molecule has 8 nitrogen and oxygen atoms in total. The van der Waals surface area contributed by atoms with Gasteiger partial charge in [0.05, 0.1) is 28.2 Å². The van der Waals surface area contributed by atoms with Crippen molar-refractivity contribution in [3.8, 4) is 0 Å². The molecule has 0 fully saturated rings. The predicted octanol–water partition coefficient (Wildman–Crippen LogP) is -1.61. The van der Waals surface area contributed by atoms with Crippen molar-refractivity contribution in [2.45, 2.75) is 25.7 Å². The zero-order chi connectivity index (χ0) is 15.4. The molecule has 0 bridgehead atoms. The average molecular weight is 286 g/mol. The summed E-state index contributed by atoms with van der Waals surface area (Å²) in [6, 6.07) is 0. The third kappa shape index (κ3) is 12.3. The van der Waals surface area contributed by atoms with E-state index in [1.165, 1.54) is 0 Å². The number of unbranched alkanes of at least 4 members (excludes halogenated alkanes) is 1. The number of hydrogen-bond donors (Lipinski definition) is 4. The molecule has 2 amide bonds. The van der Waals surface area contributed by atoms with Gasteiger partial charge in [0.15, 0.2) is 0 Å². The second kappa shape index (κ2) is 10.8. The molecule has 4 N–H and O–H groups in total. The topological polar surface area (TPSA) is 88.3 Å². The molecule has 0 aliphatic carbocycles. The van der Waals surface area contributed by atoms with Gasteiger partial charge in [-0.05, 0) is 12.8 Å². The molecule has 20 heavy (non-hydrogen) atoms. The van der Waals surface area contributed by atoms with Gasteiger partial charge in [0.2, 0.25) is 0 Å². The van der Waals surface area contributed by atoms with Crippen LogP contribution in [-0.2, 0) is 9.59 Å². The standard InChI is InChI=1S/C12H24N6O2/c1-17(2)9-13-15-11(19)7-5-6-8-12(20)16-14-10-18(3)4/h9-10H,5-8H2,1-4H3,(H2,15,16,19,20)/p+2. The molecule has 0 aromatic carbocycles. The Morgan fingerprint density at radius 2 is 1.15 bits per heavy atom. The first-order valence-electron chi connectivity index (χ1n) is 6.50. The lowest BCUT2D eigenvalue weighted by Crippen LogP contribution is -2.38. The van der Waals surface area contributed by atoms with Crippen LogP contribution in [0.25, 0.3) is 0 Å². The molecule has 0 aliphatic heterocycles. The van der Waals surface area contributed by atoms with Crippen molar-refractivity contribution in [1.82, 2.24) is 21.7 Å². The van der Waals surface area contributed by atoms with Crippen LogP contribution in [0.3, 0.4) is 0 Å². The fraction of sp³-hybridized carbons (Fsp3) is 0.667. The number of nitrogens with one attached hydrogen (secondary N) is 4. The first-order chi connectivity index (χ1) is 9.41. The number of hydrazine groups is 2. The van der Waals surface area contributed by atoms with Crippen molar-refractivity contribution in [3.05, 3.63) is 0 Å². The minimum absolute atomic E-state index is 0.0948. The van der Waals surface area contributed by atoms with Crippen molar-refractivity contribution in [2.75, 3.05) is 28.2 Å². The first kappa shape index (κ1) is 17.9. The highest BCUT2D eigenvalue weighted by molar-refractivity contribution is 5.78. The van der Waals surface area contributed by atoms with Crippen LogP contribution in [0.1, 0.15) is 25.7 Å². The van der Waals surface area contributed by atoms with Crippen LogP contribution in [0, 0.1) is 0 Å². The largest absolute Gasteiger partial charge is 0.272 e. The van der Waals surface area contributed by atoms with Crippen LogP contribution in [0.5, 0.6) is 0 Å². The lowest BCUT2D eigenvalue weighted by Gasteiger charge is -2.01. The summed E-state index contributed by atoms with van der Waals surface area (Å²) in [6.45, 7) is 0. The number of carbonyl (C=O) groups is 2. The smallest absolute Gasteiger partial charge is 0.254 e. The summed E-state index contributed by atoms with van der Waals surface area (Å²) in [4.78, 5) is 22.8. The van der Waals surface area contributed by atoms with Crippen LogP contribution in [0.2, 0.25) is 0 Å². The van der Waals surface area contributed by atoms with Crippen LogP contribution in [0.4, 0.5) is 0 Å². The van der Waals surface area contributed by atoms with E-state index in [0.29, 0.717) is 25.7 Å². The molecule has 0 aromatic heterocycles. The summed E-state index contributed by atoms with van der Waals surface area (Å²) in [6.07, 6.45) is 5.38. The molecular formula is C12H26N6O2+2. The molecular weight excluding hydrogens is 260 g/mol. The maximum Gasteiger partial charge on any atom is 0.254 e. The van der Waals surface area contributed by atoms with Gasteiger partial charge in [0, 0.05) is 12.8 Å². The molecule has 114 valence electrons. The molecule has 0 spiro atoms. The monoisotopic (exact) mass is 286 g/mol. The number of hydrogen-bond acceptors (Lipinski definition) is 2. The van der Waals surface area contributed by atoms with Crippen LogP contribution >= 0.6 is 0 Å². The summed E-state index contributed by atoms with van der Waals surface area (Å²) in [5.74, 6) is -0.190. The van der Waals surface area contributed by atoms with E-state index < -0.39 is 0 Å². The Bertz CT molecular complexity index is 334. The zero-order valence-electron chi connectivity index (χ0n) is 12.7. The average Bonchev–Trinajstić information content (AvgIpc) is 2.33. The maximum atomic E-state index is 11.4. The summed E-state index contributed by atoms with van der Waals surface area (Å²) in [5.41, 5.74) is 10.4. The van der Waals surface area contributed by atoms with Crippen molar-refractivity contribution >= 4 is 24.5 Å². The molecule has 0 atom stereocenters. The maximum absolute atomic E-state index is 11.4. The Labute approximate surface area is 119 Å². The van der Waals surface area contributed by atoms with E-state index in [-0.39, 0.29) is 11.8 Å². The van der Waals surface area contributed by atoms with Gasteiger partial charge in [-0.2, -0.15) is 21.7 Å². The van der Waals surface area contributed by atoms with E-state index in [2.05, 4.69) is 21.7 Å². The number of amides is 2. The van der Waals surface area contributed by atoms with Gasteiger partial charge in [-0.3, -0.25) is 18.7 Å². The molecule has 0 aliphatic rings. The Kier molecular flexibility index (Phi) is 9.63. The second-order valence-corrected chi connectivity index (χ2v) is 4.78. The SMILES string of the molecule is C[N+](C)=CNNC(=O)CCCCC(=O)NNC=[N+](C)C. The van der Waals surface area contributed by atoms with Crippen molar-refractivity contribution in [2.24, 2.45) is 0 Å². The fourth-order valence-corrected chi connectivity index (χ4v) is 1.18. The molecule has 0 saturated carbocycles. The minimum atomic E-state index is -0.0948. The summed E-state index contributed by atoms with van der Waals surface area (Å²) in [7, 11) is 7.39. The summed E-state index contributed by atoms with van der Waals surface area (Å²) >= 11 is 0. The van der Waals surface area contributed by atoms with Gasteiger partial charge in [0.1, 0.15) is 0 Å². The van der Waals surface area contributed by atoms with Gasteiger partial charge in [-0.1, -0.05) is 0 Å². The fourth-order valence-electron chi connectivity index (χ4n) is 1.18. The summed E-state index contributed by atoms with van der Waals surface area (Å²) < 4.78 is 3.56. The van der Waals surface area contributed by atoms with E-state index in [4.69, 9.17) is 0 Å². The van der Waals surface area contributed by atoms with Gasteiger partial charge < -0.3 is 0 Å². The van der Waals surface area contributed by atoms with Crippen LogP contribution in [-0.4, -0.2) is 61.8 Å². The molecule has 0 unspecified atom stereocenters. The van der Waals surface area contributed by atoms with Gasteiger partial charge in [-0.25, -0.2) is 0 Å². The molecule has 0 aromatic rings. The quantitative estimate of drug-likeness (QED) is 0.135. The lowest BCUT2D eigenvalue weighted by atomic mass is 10.2. The molecule has 0 radical (unpaired) electrons. The van der Waals surface area contributed by atoms with Crippen molar-refractivity contribution in [3.63, 3.8) is 0 Å². The molecule has 0 heterocycles. The Balaban J connectivity index is 3.55. The molecule has 0 saturated heterocycles. The lowest BCUT2D eigenvalue weighted by molar-refractivity contribution is -0.461. The normalized spacial score (nSPS) is 9.20. The Morgan fingerprint density at radius 1 is 0.800 bits per heavy atom. The van der Waals surface area contributed by atoms with E-state index in [1.54, 1.807) is 21.8 Å². The van der Waals surface area contributed by atoms with Crippen molar-refractivity contribution < 1.29 is 18.7 Å². The highest BCUT2D eigenvalue weighted by atomic mass is 16.2. The first-order valence-corrected chi connectivity index (χ1v) is 6.50. The number of nitrogens with zero attached hydrogens (tertiary/aromatic N) is 2. The Hall–Kier alpha value is -2.12. The van der Waals surface area contributed by atoms with Crippen LogP contribution < -0.4 is 21.7 Å². The predicted molar refractivity (Wildman–Crippen MR) is 77.4 cm³/mol. The zero-order valence-corrected chi connectivity index (χ0v) is 12.7. The van der Waals surface area contributed by atoms with E-state index in [1.807, 2.05) is 28.2 Å². The van der Waals surface area contributed by atoms with E-state index in [9.17, 15) is 9.59 Å². The number of rotatable bonds is 9. The van der Waals surface area contributed by atoms with Gasteiger partial charge >= 0.3 is 0 Å². The minimum Gasteiger partial charge on any atom is -0.272 e. The highest BCUT2D eigenvalue weighted by Crippen LogP contribution is 1.98. The third-order valence-electron chi connectivity index (χ3n) is 2.13. The summed E-state index contributed by atoms with van der Waals surface area (Å²) in [5, 5.41) is 0. The second-order valence-electron chi connectivity index (χ2n) is 4.78. The third-order valence-corrected chi connectivity index (χ3v) is 2.13. The number of carbonyl (C=O) groups excluding carboxylic acids is 2. The molecule has 8 heteroatoms. The van der Waals surface area contributed by atoms with Gasteiger partial charge in [0.25, 0.3) is 24.5 Å². The van der Waals surface area contributed by atoms with Crippen molar-refractivity contribution in [1.29, 1.82) is 0 Å². The van der Waals surface area contributed by atoms with E-state index >= 15 is 0 Å².